The molecule has 11 atom stereocenters. The summed E-state index contributed by atoms with van der Waals surface area (Å²) in [6.45, 7) is 6.45. The molecule has 54 heavy (non-hydrogen) atoms. The lowest BCUT2D eigenvalue weighted by Gasteiger charge is -2.61. The normalized spacial score (nSPS) is 35.2. The molecule has 1 aliphatic heterocycles. The molecule has 14 nitrogen and oxygen atoms in total. The van der Waals surface area contributed by atoms with Crippen LogP contribution in [0.15, 0.2) is 32.6 Å². The molecule has 0 aromatic carbocycles. The summed E-state index contributed by atoms with van der Waals surface area (Å²) in [5.41, 5.74) is 10.5. The fourth-order valence-corrected chi connectivity index (χ4v) is 11.4. The lowest BCUT2D eigenvalue weighted by atomic mass is 9.44. The van der Waals surface area contributed by atoms with Crippen LogP contribution in [0, 0.1) is 28.6 Å². The minimum Gasteiger partial charge on any atom is -0.480 e. The number of nitrogens with zero attached hydrogens (tertiary/aromatic N) is 1. The Morgan fingerprint density at radius 2 is 1.74 bits per heavy atom. The largest absolute Gasteiger partial charge is 0.480 e. The molecule has 6 rings (SSSR count). The number of epoxide rings is 1. The first-order valence-corrected chi connectivity index (χ1v) is 19.9. The summed E-state index contributed by atoms with van der Waals surface area (Å²) in [7, 11) is 0. The third-order valence-corrected chi connectivity index (χ3v) is 13.9. The number of carbonyl (C=O) groups excluding carboxylic acids is 3. The predicted octanol–water partition coefficient (Wildman–Crippen LogP) is 4.31. The third kappa shape index (κ3) is 7.77. The van der Waals surface area contributed by atoms with Crippen LogP contribution in [0.4, 0.5) is 0 Å². The first kappa shape index (κ1) is 39.7. The molecular weight excluding hydrogens is 696 g/mol. The molecule has 5 aliphatic rings. The van der Waals surface area contributed by atoms with E-state index < -0.39 is 29.3 Å². The number of guanidine groups is 1. The summed E-state index contributed by atoms with van der Waals surface area (Å²) in [5, 5.41) is 12.0. The average molecular weight is 755 g/mol. The van der Waals surface area contributed by atoms with Gasteiger partial charge in [-0.1, -0.05) is 26.7 Å². The molecule has 0 radical (unpaired) electrons. The maximum atomic E-state index is 12.9. The van der Waals surface area contributed by atoms with Gasteiger partial charge in [0.1, 0.15) is 30.0 Å². The predicted molar refractivity (Wildman–Crippen MR) is 197 cm³/mol. The molecule has 0 bridgehead atoms. The number of nitrogens with one attached hydrogen (secondary N) is 1. The van der Waals surface area contributed by atoms with Crippen molar-refractivity contribution in [3.63, 3.8) is 0 Å². The zero-order valence-electron chi connectivity index (χ0n) is 31.9. The Labute approximate surface area is 316 Å². The molecular formula is C40H58N4O10. The van der Waals surface area contributed by atoms with Crippen molar-refractivity contribution in [3.8, 4) is 0 Å². The molecule has 298 valence electrons. The van der Waals surface area contributed by atoms with Gasteiger partial charge in [0.2, 0.25) is 5.91 Å². The van der Waals surface area contributed by atoms with Gasteiger partial charge in [-0.3, -0.25) is 19.4 Å². The van der Waals surface area contributed by atoms with Crippen molar-refractivity contribution in [1.29, 1.82) is 0 Å². The zero-order chi connectivity index (χ0) is 38.8. The monoisotopic (exact) mass is 754 g/mol. The molecule has 5 fully saturated rings. The van der Waals surface area contributed by atoms with Gasteiger partial charge < -0.3 is 40.5 Å². The summed E-state index contributed by atoms with van der Waals surface area (Å²) in [6, 6.07) is 2.27. The van der Waals surface area contributed by atoms with E-state index in [0.717, 1.165) is 63.4 Å². The number of rotatable bonds is 16. The van der Waals surface area contributed by atoms with Gasteiger partial charge >= 0.3 is 23.5 Å². The molecule has 14 heteroatoms. The number of carboxylic acids is 1. The van der Waals surface area contributed by atoms with Crippen molar-refractivity contribution in [2.45, 2.75) is 153 Å². The minimum atomic E-state index is -1.09. The molecule has 6 N–H and O–H groups in total. The Hall–Kier alpha value is -3.94. The summed E-state index contributed by atoms with van der Waals surface area (Å²) in [5.74, 6) is -0.874. The van der Waals surface area contributed by atoms with Gasteiger partial charge in [0.05, 0.1) is 6.26 Å². The molecule has 1 saturated heterocycles. The van der Waals surface area contributed by atoms with Crippen molar-refractivity contribution < 1.29 is 42.9 Å². The van der Waals surface area contributed by atoms with E-state index in [4.69, 9.17) is 30.1 Å². The van der Waals surface area contributed by atoms with Gasteiger partial charge in [-0.15, -0.1) is 0 Å². The highest BCUT2D eigenvalue weighted by Crippen LogP contribution is 2.78. The number of aliphatic carboxylic acids is 1. The molecule has 1 aromatic rings. The van der Waals surface area contributed by atoms with Crippen LogP contribution < -0.4 is 22.4 Å². The molecule has 1 spiro atoms. The Bertz CT molecular complexity index is 1640. The summed E-state index contributed by atoms with van der Waals surface area (Å²) in [6.07, 6.45) is 11.5. The molecule has 4 saturated carbocycles. The molecule has 1 amide bonds. The molecule has 1 aromatic heterocycles. The van der Waals surface area contributed by atoms with E-state index in [-0.39, 0.29) is 65.6 Å². The number of carboxylic acid groups (broad SMARTS) is 1. The Morgan fingerprint density at radius 3 is 2.43 bits per heavy atom. The van der Waals surface area contributed by atoms with E-state index in [9.17, 15) is 29.1 Å². The van der Waals surface area contributed by atoms with Crippen molar-refractivity contribution in [1.82, 2.24) is 5.32 Å². The van der Waals surface area contributed by atoms with Crippen molar-refractivity contribution in [3.05, 3.63) is 34.4 Å². The van der Waals surface area contributed by atoms with Gasteiger partial charge in [-0.2, -0.15) is 0 Å². The second-order valence-electron chi connectivity index (χ2n) is 16.9. The summed E-state index contributed by atoms with van der Waals surface area (Å²) >= 11 is 0. The number of aliphatic imine (C=N–C) groups is 1. The molecule has 2 heterocycles. The number of hydrogen-bond acceptors (Lipinski definition) is 10. The first-order chi connectivity index (χ1) is 25.7. The van der Waals surface area contributed by atoms with Crippen molar-refractivity contribution >= 4 is 29.8 Å². The van der Waals surface area contributed by atoms with Gasteiger partial charge in [0, 0.05) is 43.7 Å². The fraction of sp³-hybridized carbons (Fsp3) is 0.750. The zero-order valence-corrected chi connectivity index (χ0v) is 31.9. The van der Waals surface area contributed by atoms with Gasteiger partial charge in [0.25, 0.3) is 0 Å². The Balaban J connectivity index is 0.952. The quantitative estimate of drug-likeness (QED) is 0.0609. The van der Waals surface area contributed by atoms with E-state index >= 15 is 0 Å². The van der Waals surface area contributed by atoms with Crippen LogP contribution in [0.25, 0.3) is 0 Å². The molecule has 4 aliphatic carbocycles. The number of carbonyl (C=O) groups is 4. The average Bonchev–Trinajstić information content (AvgIpc) is 3.82. The summed E-state index contributed by atoms with van der Waals surface area (Å²) in [4.78, 5) is 64.7. The number of amides is 1. The van der Waals surface area contributed by atoms with Crippen molar-refractivity contribution in [2.75, 3.05) is 6.54 Å². The van der Waals surface area contributed by atoms with Gasteiger partial charge in [0.15, 0.2) is 5.96 Å². The van der Waals surface area contributed by atoms with Crippen LogP contribution in [-0.4, -0.2) is 71.4 Å². The lowest BCUT2D eigenvalue weighted by Crippen LogP contribution is -2.58. The minimum absolute atomic E-state index is 0.0556. The van der Waals surface area contributed by atoms with Gasteiger partial charge in [-0.25, -0.2) is 9.59 Å². The van der Waals surface area contributed by atoms with Crippen LogP contribution in [0.3, 0.4) is 0 Å². The maximum absolute atomic E-state index is 12.9. The maximum Gasteiger partial charge on any atom is 0.335 e. The number of esters is 2. The number of fused-ring (bicyclic) bond motifs is 3. The van der Waals surface area contributed by atoms with Crippen LogP contribution in [-0.2, 0) is 33.4 Å². The summed E-state index contributed by atoms with van der Waals surface area (Å²) < 4.78 is 24.1. The first-order valence-electron chi connectivity index (χ1n) is 19.9. The van der Waals surface area contributed by atoms with Gasteiger partial charge in [-0.05, 0) is 105 Å². The number of hydrogen-bond donors (Lipinski definition) is 4. The van der Waals surface area contributed by atoms with E-state index in [0.29, 0.717) is 50.0 Å². The lowest BCUT2D eigenvalue weighted by molar-refractivity contribution is -0.168. The van der Waals surface area contributed by atoms with Crippen LogP contribution in [0.2, 0.25) is 0 Å². The van der Waals surface area contributed by atoms with Crippen LogP contribution in [0.5, 0.6) is 0 Å². The SMILES string of the molecule is CC(=O)O[C@H]1[C@H]2O[C@]23[C@@H]2CC[C@@H]4C[C@@H](OC(=O)CCCCCCC(=O)N[C@@H](CCCN=C(N)N)C(=O)O)CC[C@]4(C)[C@H]2CC[C@]3(C)[C@@H]1c1ccc(=O)oc1. The highest BCUT2D eigenvalue weighted by molar-refractivity contribution is 5.83. The number of nitrogens with two attached hydrogens (primary N) is 2. The topological polar surface area (TPSA) is 226 Å². The highest BCUT2D eigenvalue weighted by atomic mass is 16.7. The van der Waals surface area contributed by atoms with E-state index in [1.807, 2.05) is 6.07 Å². The Morgan fingerprint density at radius 1 is 0.981 bits per heavy atom. The van der Waals surface area contributed by atoms with E-state index in [2.05, 4.69) is 24.2 Å². The number of ether oxygens (including phenoxy) is 3. The second-order valence-corrected chi connectivity index (χ2v) is 16.9. The smallest absolute Gasteiger partial charge is 0.335 e. The standard InChI is InChI=1S/C40H58N4O10/c1-23(45)52-34-33(24-12-15-31(47)51-22-24)39(3)19-17-27-28(40(39)35(34)54-40)14-13-25-21-26(16-18-38(25,27)2)53-32(48)11-7-5-4-6-10-30(46)44-29(36(49)50)9-8-20-43-37(41)42/h12,15,22,25-29,33-35H,4-11,13-14,16-21H2,1-3H3,(H,44,46)(H,49,50)(H4,41,42,43)/t25-,26+,27+,28-,29+,33-,34-,35-,38+,39-,40-/m1/s1. The van der Waals surface area contributed by atoms with E-state index in [1.54, 1.807) is 0 Å². The number of unbranched alkanes of at least 4 members (excludes halogenated alkanes) is 3. The fourth-order valence-electron chi connectivity index (χ4n) is 11.4. The molecule has 0 unspecified atom stereocenters. The van der Waals surface area contributed by atoms with Crippen LogP contribution >= 0.6 is 0 Å². The highest BCUT2D eigenvalue weighted by Gasteiger charge is 2.84. The second kappa shape index (κ2) is 16.0. The Kier molecular flexibility index (Phi) is 11.8. The van der Waals surface area contributed by atoms with Crippen LogP contribution in [0.1, 0.15) is 129 Å². The third-order valence-electron chi connectivity index (χ3n) is 13.9. The van der Waals surface area contributed by atoms with E-state index in [1.165, 1.54) is 19.3 Å². The van der Waals surface area contributed by atoms with Crippen molar-refractivity contribution in [2.24, 2.45) is 45.0 Å².